The van der Waals surface area contributed by atoms with E-state index in [1.54, 1.807) is 6.08 Å². The Morgan fingerprint density at radius 3 is 2.26 bits per heavy atom. The number of hydrogen-bond acceptors (Lipinski definition) is 2. The summed E-state index contributed by atoms with van der Waals surface area (Å²) in [4.78, 5) is 2.11. The fourth-order valence-corrected chi connectivity index (χ4v) is 1.79. The number of nitrogens with one attached hydrogen (secondary N) is 1. The molecule has 124 valence electrons. The van der Waals surface area contributed by atoms with Gasteiger partial charge in [-0.2, -0.15) is 0 Å². The van der Waals surface area contributed by atoms with E-state index < -0.39 is 0 Å². The summed E-state index contributed by atoms with van der Waals surface area (Å²) in [6, 6.07) is 0. The average molecular weight is 310 g/mol. The maximum atomic E-state index is 3.84. The Kier molecular flexibility index (Phi) is 10.9. The SMILES string of the molecule is C=C/C(=C\C=C/C)NC(=C/C)/C=C(\C)N(C)C(=C=CC)/C=C\C. The first-order valence-electron chi connectivity index (χ1n) is 7.88. The van der Waals surface area contributed by atoms with Crippen LogP contribution in [0.3, 0.4) is 0 Å². The molecule has 1 N–H and O–H groups in total. The molecule has 0 aliphatic carbocycles. The fourth-order valence-electron chi connectivity index (χ4n) is 1.79. The van der Waals surface area contributed by atoms with Crippen LogP contribution in [-0.4, -0.2) is 11.9 Å². The minimum absolute atomic E-state index is 0.959. The summed E-state index contributed by atoms with van der Waals surface area (Å²) in [7, 11) is 2.04. The standard InChI is InChI=1S/C21H30N2/c1-8-13-16-19(11-4)22-20(12-5)17-18(6)23(7)21(14-9-2)15-10-3/h8-14,16-17,22H,4H2,1-3,5-7H3/b13-8-,14-9-,18-17+,19-16+,20-12+. The van der Waals surface area contributed by atoms with E-state index in [2.05, 4.69) is 35.5 Å². The van der Waals surface area contributed by atoms with Crippen LogP contribution in [0.15, 0.2) is 89.8 Å². The van der Waals surface area contributed by atoms with E-state index in [-0.39, 0.29) is 0 Å². The lowest BCUT2D eigenvalue weighted by molar-refractivity contribution is 0.537. The van der Waals surface area contributed by atoms with E-state index >= 15 is 0 Å². The van der Waals surface area contributed by atoms with Gasteiger partial charge in [-0.3, -0.25) is 0 Å². The molecule has 0 atom stereocenters. The van der Waals surface area contributed by atoms with Crippen molar-refractivity contribution in [1.82, 2.24) is 10.2 Å². The Morgan fingerprint density at radius 1 is 1.09 bits per heavy atom. The first-order chi connectivity index (χ1) is 11.0. The Bertz CT molecular complexity index is 589. The minimum Gasteiger partial charge on any atom is -0.356 e. The van der Waals surface area contributed by atoms with Gasteiger partial charge in [0.15, 0.2) is 0 Å². The molecule has 0 aromatic carbocycles. The summed E-state index contributed by atoms with van der Waals surface area (Å²) in [6.45, 7) is 13.9. The van der Waals surface area contributed by atoms with Crippen LogP contribution in [-0.2, 0) is 0 Å². The first-order valence-corrected chi connectivity index (χ1v) is 7.88. The van der Waals surface area contributed by atoms with Gasteiger partial charge in [-0.15, -0.1) is 0 Å². The molecule has 0 saturated carbocycles. The molecule has 0 heterocycles. The molecule has 0 saturated heterocycles. The van der Waals surface area contributed by atoms with Gasteiger partial charge < -0.3 is 10.2 Å². The van der Waals surface area contributed by atoms with Gasteiger partial charge in [-0.1, -0.05) is 36.6 Å². The summed E-state index contributed by atoms with van der Waals surface area (Å²) in [5.41, 5.74) is 7.36. The van der Waals surface area contributed by atoms with E-state index in [4.69, 9.17) is 0 Å². The molecule has 23 heavy (non-hydrogen) atoms. The molecular weight excluding hydrogens is 280 g/mol. The molecule has 0 bridgehead atoms. The molecule has 0 fully saturated rings. The van der Waals surface area contributed by atoms with Crippen molar-refractivity contribution in [2.45, 2.75) is 34.6 Å². The molecule has 2 nitrogen and oxygen atoms in total. The first kappa shape index (κ1) is 20.6. The van der Waals surface area contributed by atoms with Crippen LogP contribution in [0, 0.1) is 0 Å². The zero-order valence-electron chi connectivity index (χ0n) is 15.4. The highest BCUT2D eigenvalue weighted by Crippen LogP contribution is 2.13. The van der Waals surface area contributed by atoms with Crippen LogP contribution >= 0.6 is 0 Å². The highest BCUT2D eigenvalue weighted by Gasteiger charge is 2.04. The number of likely N-dealkylation sites (N-methyl/N-ethyl adjacent to an activating group) is 1. The van der Waals surface area contributed by atoms with Crippen LogP contribution in [0.25, 0.3) is 0 Å². The lowest BCUT2D eigenvalue weighted by Crippen LogP contribution is -2.16. The summed E-state index contributed by atoms with van der Waals surface area (Å²) in [5, 5.41) is 3.37. The molecule has 0 amide bonds. The Morgan fingerprint density at radius 2 is 1.78 bits per heavy atom. The largest absolute Gasteiger partial charge is 0.356 e. The van der Waals surface area contributed by atoms with Gasteiger partial charge in [-0.25, -0.2) is 0 Å². The summed E-state index contributed by atoms with van der Waals surface area (Å²) >= 11 is 0. The van der Waals surface area contributed by atoms with Crippen molar-refractivity contribution in [2.24, 2.45) is 0 Å². The molecular formula is C21H30N2. The van der Waals surface area contributed by atoms with Crippen molar-refractivity contribution < 1.29 is 0 Å². The maximum absolute atomic E-state index is 3.84. The monoisotopic (exact) mass is 310 g/mol. The molecule has 2 heteroatoms. The van der Waals surface area contributed by atoms with Crippen LogP contribution in [0.1, 0.15) is 34.6 Å². The molecule has 0 unspecified atom stereocenters. The summed E-state index contributed by atoms with van der Waals surface area (Å²) in [6.07, 6.45) is 17.9. The van der Waals surface area contributed by atoms with Gasteiger partial charge >= 0.3 is 0 Å². The van der Waals surface area contributed by atoms with Crippen molar-refractivity contribution in [3.8, 4) is 0 Å². The minimum atomic E-state index is 0.959. The van der Waals surface area contributed by atoms with Gasteiger partial charge in [0.25, 0.3) is 0 Å². The Labute approximate surface area is 142 Å². The molecule has 0 aromatic heterocycles. The van der Waals surface area contributed by atoms with E-state index in [0.717, 1.165) is 22.8 Å². The van der Waals surface area contributed by atoms with E-state index in [0.29, 0.717) is 0 Å². The lowest BCUT2D eigenvalue weighted by Gasteiger charge is -2.20. The molecule has 0 aliphatic rings. The zero-order valence-corrected chi connectivity index (χ0v) is 15.4. The molecule has 0 aliphatic heterocycles. The van der Waals surface area contributed by atoms with Gasteiger partial charge in [-0.05, 0) is 65.0 Å². The third kappa shape index (κ3) is 7.94. The van der Waals surface area contributed by atoms with Crippen LogP contribution in [0.4, 0.5) is 0 Å². The molecule has 0 aromatic rings. The van der Waals surface area contributed by atoms with Crippen molar-refractivity contribution in [3.63, 3.8) is 0 Å². The third-order valence-electron chi connectivity index (χ3n) is 3.16. The summed E-state index contributed by atoms with van der Waals surface area (Å²) < 4.78 is 0. The normalized spacial score (nSPS) is 13.2. The van der Waals surface area contributed by atoms with Crippen LogP contribution in [0.5, 0.6) is 0 Å². The van der Waals surface area contributed by atoms with E-state index in [9.17, 15) is 0 Å². The maximum Gasteiger partial charge on any atom is 0.0832 e. The quantitative estimate of drug-likeness (QED) is 0.464. The summed E-state index contributed by atoms with van der Waals surface area (Å²) in [5.74, 6) is 0. The van der Waals surface area contributed by atoms with Crippen molar-refractivity contribution in [1.29, 1.82) is 0 Å². The predicted octanol–water partition coefficient (Wildman–Crippen LogP) is 5.60. The Balaban J connectivity index is 5.40. The number of allylic oxidation sites excluding steroid dienone is 9. The van der Waals surface area contributed by atoms with Crippen LogP contribution < -0.4 is 5.32 Å². The average Bonchev–Trinajstić information content (AvgIpc) is 2.56. The number of rotatable bonds is 8. The third-order valence-corrected chi connectivity index (χ3v) is 3.16. The van der Waals surface area contributed by atoms with Crippen LogP contribution in [0.2, 0.25) is 0 Å². The van der Waals surface area contributed by atoms with Gasteiger partial charge in [0, 0.05) is 24.1 Å². The Hall–Kier alpha value is -2.44. The highest BCUT2D eigenvalue weighted by molar-refractivity contribution is 5.32. The second-order valence-corrected chi connectivity index (χ2v) is 4.88. The lowest BCUT2D eigenvalue weighted by atomic mass is 10.2. The van der Waals surface area contributed by atoms with E-state index in [1.165, 1.54) is 0 Å². The van der Waals surface area contributed by atoms with Crippen molar-refractivity contribution in [2.75, 3.05) is 7.05 Å². The van der Waals surface area contributed by atoms with Gasteiger partial charge in [0.1, 0.15) is 0 Å². The second-order valence-electron chi connectivity index (χ2n) is 4.88. The van der Waals surface area contributed by atoms with Gasteiger partial charge in [0.2, 0.25) is 0 Å². The molecule has 0 spiro atoms. The fraction of sp³-hybridized carbons (Fsp3) is 0.286. The number of nitrogens with zero attached hydrogens (tertiary/aromatic N) is 1. The van der Waals surface area contributed by atoms with E-state index in [1.807, 2.05) is 77.3 Å². The predicted molar refractivity (Wildman–Crippen MR) is 104 cm³/mol. The van der Waals surface area contributed by atoms with Gasteiger partial charge in [0.05, 0.1) is 5.70 Å². The second kappa shape index (κ2) is 12.1. The highest BCUT2D eigenvalue weighted by atomic mass is 15.1. The zero-order chi connectivity index (χ0) is 17.7. The topological polar surface area (TPSA) is 15.3 Å². The van der Waals surface area contributed by atoms with Crippen molar-refractivity contribution >= 4 is 0 Å². The number of hydrogen-bond donors (Lipinski definition) is 1. The molecule has 0 rings (SSSR count). The van der Waals surface area contributed by atoms with Crippen molar-refractivity contribution in [3.05, 3.63) is 89.8 Å². The smallest absolute Gasteiger partial charge is 0.0832 e. The molecule has 0 radical (unpaired) electrons.